The van der Waals surface area contributed by atoms with Gasteiger partial charge in [-0.15, -0.1) is 11.3 Å². The Labute approximate surface area is 88.3 Å². The van der Waals surface area contributed by atoms with Crippen molar-refractivity contribution in [3.05, 3.63) is 21.9 Å². The van der Waals surface area contributed by atoms with E-state index in [1.165, 1.54) is 4.88 Å². The van der Waals surface area contributed by atoms with Gasteiger partial charge in [-0.2, -0.15) is 0 Å². The van der Waals surface area contributed by atoms with Crippen LogP contribution < -0.4 is 5.32 Å². The lowest BCUT2D eigenvalue weighted by atomic mass is 9.96. The van der Waals surface area contributed by atoms with E-state index in [0.29, 0.717) is 11.8 Å². The molecule has 1 fully saturated rings. The first-order valence-corrected chi connectivity index (χ1v) is 5.84. The number of ketones is 1. The van der Waals surface area contributed by atoms with Crippen molar-refractivity contribution >= 4 is 17.1 Å². The fourth-order valence-corrected chi connectivity index (χ4v) is 2.84. The van der Waals surface area contributed by atoms with E-state index in [1.807, 2.05) is 19.1 Å². The maximum Gasteiger partial charge on any atom is 0.177 e. The van der Waals surface area contributed by atoms with Crippen LogP contribution in [0.25, 0.3) is 0 Å². The molecule has 2 unspecified atom stereocenters. The molecule has 1 aliphatic heterocycles. The summed E-state index contributed by atoms with van der Waals surface area (Å²) in [6.45, 7) is 5.11. The summed E-state index contributed by atoms with van der Waals surface area (Å²) in [4.78, 5) is 14.2. The van der Waals surface area contributed by atoms with E-state index in [1.54, 1.807) is 11.3 Å². The summed E-state index contributed by atoms with van der Waals surface area (Å²) >= 11 is 1.61. The molecule has 1 aromatic rings. The molecule has 1 saturated heterocycles. The summed E-state index contributed by atoms with van der Waals surface area (Å²) < 4.78 is 0. The van der Waals surface area contributed by atoms with E-state index < -0.39 is 0 Å². The van der Waals surface area contributed by atoms with Gasteiger partial charge in [-0.25, -0.2) is 0 Å². The van der Waals surface area contributed by atoms with Crippen LogP contribution in [-0.2, 0) is 0 Å². The third-order valence-corrected chi connectivity index (χ3v) is 3.86. The number of carbonyl (C=O) groups excluding carboxylic acids is 1. The molecule has 1 aliphatic rings. The first-order valence-electron chi connectivity index (χ1n) is 5.02. The van der Waals surface area contributed by atoms with Crippen LogP contribution in [0.2, 0.25) is 0 Å². The normalized spacial score (nSPS) is 26.7. The standard InChI is InChI=1S/C11H15NOS/c1-7-3-4-10(14-7)11(13)9-5-6-12-8(9)2/h3-4,8-9,12H,5-6H2,1-2H3. The molecule has 3 heteroatoms. The van der Waals surface area contributed by atoms with Crippen molar-refractivity contribution in [3.63, 3.8) is 0 Å². The van der Waals surface area contributed by atoms with Crippen molar-refractivity contribution < 1.29 is 4.79 Å². The Balaban J connectivity index is 2.15. The van der Waals surface area contributed by atoms with Gasteiger partial charge in [0.05, 0.1) is 4.88 Å². The van der Waals surface area contributed by atoms with Crippen LogP contribution in [0.3, 0.4) is 0 Å². The summed E-state index contributed by atoms with van der Waals surface area (Å²) in [7, 11) is 0. The van der Waals surface area contributed by atoms with Gasteiger partial charge in [0.1, 0.15) is 0 Å². The highest BCUT2D eigenvalue weighted by atomic mass is 32.1. The molecule has 2 heterocycles. The smallest absolute Gasteiger partial charge is 0.177 e. The number of aryl methyl sites for hydroxylation is 1. The van der Waals surface area contributed by atoms with Gasteiger partial charge in [-0.1, -0.05) is 0 Å². The minimum atomic E-state index is 0.188. The summed E-state index contributed by atoms with van der Waals surface area (Å²) in [6.07, 6.45) is 0.983. The molecule has 0 aliphatic carbocycles. The Kier molecular flexibility index (Phi) is 2.70. The zero-order valence-corrected chi connectivity index (χ0v) is 9.36. The predicted molar refractivity (Wildman–Crippen MR) is 59.0 cm³/mol. The Morgan fingerprint density at radius 2 is 2.36 bits per heavy atom. The van der Waals surface area contributed by atoms with Crippen LogP contribution in [0.1, 0.15) is 27.9 Å². The van der Waals surface area contributed by atoms with Crippen LogP contribution in [-0.4, -0.2) is 18.4 Å². The number of nitrogens with one attached hydrogen (secondary N) is 1. The van der Waals surface area contributed by atoms with Crippen molar-refractivity contribution in [2.24, 2.45) is 5.92 Å². The van der Waals surface area contributed by atoms with Gasteiger partial charge in [0.15, 0.2) is 5.78 Å². The van der Waals surface area contributed by atoms with Crippen LogP contribution in [0, 0.1) is 12.8 Å². The van der Waals surface area contributed by atoms with Gasteiger partial charge in [0.25, 0.3) is 0 Å². The van der Waals surface area contributed by atoms with Gasteiger partial charge in [0.2, 0.25) is 0 Å². The van der Waals surface area contributed by atoms with Crippen LogP contribution in [0.5, 0.6) is 0 Å². The maximum atomic E-state index is 12.0. The molecule has 0 radical (unpaired) electrons. The number of thiophene rings is 1. The quantitative estimate of drug-likeness (QED) is 0.757. The lowest BCUT2D eigenvalue weighted by Crippen LogP contribution is -2.27. The van der Waals surface area contributed by atoms with Crippen molar-refractivity contribution in [1.29, 1.82) is 0 Å². The minimum Gasteiger partial charge on any atom is -0.313 e. The number of carbonyl (C=O) groups is 1. The lowest BCUT2D eigenvalue weighted by molar-refractivity contribution is 0.0918. The van der Waals surface area contributed by atoms with Crippen molar-refractivity contribution in [1.82, 2.24) is 5.32 Å². The Morgan fingerprint density at radius 3 is 2.86 bits per heavy atom. The summed E-state index contributed by atoms with van der Waals surface area (Å²) in [6, 6.07) is 4.31. The topological polar surface area (TPSA) is 29.1 Å². The van der Waals surface area contributed by atoms with Crippen molar-refractivity contribution in [3.8, 4) is 0 Å². The highest BCUT2D eigenvalue weighted by molar-refractivity contribution is 7.14. The second kappa shape index (κ2) is 3.83. The van der Waals surface area contributed by atoms with Gasteiger partial charge < -0.3 is 5.32 Å². The van der Waals surface area contributed by atoms with Crippen molar-refractivity contribution in [2.75, 3.05) is 6.54 Å². The summed E-state index contributed by atoms with van der Waals surface area (Å²) in [5.74, 6) is 0.508. The van der Waals surface area contributed by atoms with E-state index in [9.17, 15) is 4.79 Å². The molecular formula is C11H15NOS. The van der Waals surface area contributed by atoms with E-state index >= 15 is 0 Å². The third-order valence-electron chi connectivity index (χ3n) is 2.85. The molecule has 76 valence electrons. The molecule has 0 spiro atoms. The highest BCUT2D eigenvalue weighted by Crippen LogP contribution is 2.24. The van der Waals surface area contributed by atoms with Crippen molar-refractivity contribution in [2.45, 2.75) is 26.3 Å². The molecular weight excluding hydrogens is 194 g/mol. The average Bonchev–Trinajstić information content (AvgIpc) is 2.73. The molecule has 2 atom stereocenters. The minimum absolute atomic E-state index is 0.188. The highest BCUT2D eigenvalue weighted by Gasteiger charge is 2.30. The van der Waals surface area contributed by atoms with Crippen LogP contribution >= 0.6 is 11.3 Å². The first-order chi connectivity index (χ1) is 6.68. The second-order valence-corrected chi connectivity index (χ2v) is 5.20. The number of hydrogen-bond donors (Lipinski definition) is 1. The molecule has 1 aromatic heterocycles. The SMILES string of the molecule is Cc1ccc(C(=O)C2CCNC2C)s1. The van der Waals surface area contributed by atoms with Gasteiger partial charge >= 0.3 is 0 Å². The number of rotatable bonds is 2. The molecule has 0 aromatic carbocycles. The second-order valence-electron chi connectivity index (χ2n) is 3.91. The average molecular weight is 209 g/mol. The monoisotopic (exact) mass is 209 g/mol. The van der Waals surface area contributed by atoms with Gasteiger partial charge in [0, 0.05) is 16.8 Å². The molecule has 0 bridgehead atoms. The largest absolute Gasteiger partial charge is 0.313 e. The molecule has 2 nitrogen and oxygen atoms in total. The van der Waals surface area contributed by atoms with Crippen LogP contribution in [0.4, 0.5) is 0 Å². The lowest BCUT2D eigenvalue weighted by Gasteiger charge is -2.11. The third kappa shape index (κ3) is 1.74. The van der Waals surface area contributed by atoms with E-state index in [4.69, 9.17) is 0 Å². The van der Waals surface area contributed by atoms with Gasteiger partial charge in [-0.05, 0) is 38.9 Å². The number of Topliss-reactive ketones (excluding diaryl/α,β-unsaturated/α-hetero) is 1. The fraction of sp³-hybridized carbons (Fsp3) is 0.545. The number of hydrogen-bond acceptors (Lipinski definition) is 3. The first kappa shape index (κ1) is 9.87. The Bertz CT molecular complexity index is 345. The summed E-state index contributed by atoms with van der Waals surface area (Å²) in [5, 5.41) is 3.31. The predicted octanol–water partition coefficient (Wildman–Crippen LogP) is 2.24. The maximum absolute atomic E-state index is 12.0. The molecule has 2 rings (SSSR count). The molecule has 0 saturated carbocycles. The summed E-state index contributed by atoms with van der Waals surface area (Å²) in [5.41, 5.74) is 0. The zero-order valence-electron chi connectivity index (χ0n) is 8.54. The van der Waals surface area contributed by atoms with Crippen LogP contribution in [0.15, 0.2) is 12.1 Å². The molecule has 0 amide bonds. The van der Waals surface area contributed by atoms with E-state index in [-0.39, 0.29) is 5.92 Å². The molecule has 14 heavy (non-hydrogen) atoms. The Hall–Kier alpha value is -0.670. The van der Waals surface area contributed by atoms with E-state index in [2.05, 4.69) is 12.2 Å². The van der Waals surface area contributed by atoms with Gasteiger partial charge in [-0.3, -0.25) is 4.79 Å². The zero-order chi connectivity index (χ0) is 10.1. The van der Waals surface area contributed by atoms with E-state index in [0.717, 1.165) is 17.8 Å². The fourth-order valence-electron chi connectivity index (χ4n) is 1.97. The molecule has 1 N–H and O–H groups in total. The Morgan fingerprint density at radius 1 is 1.57 bits per heavy atom.